The van der Waals surface area contributed by atoms with Gasteiger partial charge in [-0.1, -0.05) is 73.5 Å². The van der Waals surface area contributed by atoms with Crippen LogP contribution in [0.3, 0.4) is 0 Å². The second-order valence-corrected chi connectivity index (χ2v) is 7.31. The third kappa shape index (κ3) is 6.84. The molecule has 2 aromatic rings. The molecule has 0 saturated carbocycles. The Morgan fingerprint density at radius 2 is 1.68 bits per heavy atom. The van der Waals surface area contributed by atoms with Gasteiger partial charge in [0.05, 0.1) is 6.42 Å². The van der Waals surface area contributed by atoms with Gasteiger partial charge in [-0.25, -0.2) is 0 Å². The van der Waals surface area contributed by atoms with Gasteiger partial charge in [0.1, 0.15) is 6.04 Å². The van der Waals surface area contributed by atoms with Crippen LogP contribution in [0.15, 0.2) is 54.6 Å². The lowest BCUT2D eigenvalue weighted by Crippen LogP contribution is -2.49. The third-order valence-electron chi connectivity index (χ3n) is 4.96. The Morgan fingerprint density at radius 1 is 1.00 bits per heavy atom. The van der Waals surface area contributed by atoms with E-state index in [1.165, 1.54) is 5.56 Å². The summed E-state index contributed by atoms with van der Waals surface area (Å²) in [5, 5.41) is 2.96. The summed E-state index contributed by atoms with van der Waals surface area (Å²) in [4.78, 5) is 27.3. The number of rotatable bonds is 10. The van der Waals surface area contributed by atoms with Crippen LogP contribution in [0, 0.1) is 6.92 Å². The van der Waals surface area contributed by atoms with E-state index in [0.717, 1.165) is 30.4 Å². The zero-order valence-corrected chi connectivity index (χ0v) is 17.3. The molecule has 0 radical (unpaired) electrons. The molecule has 2 amide bonds. The van der Waals surface area contributed by atoms with Crippen molar-refractivity contribution in [2.24, 2.45) is 0 Å². The molecule has 4 heteroatoms. The molecule has 1 unspecified atom stereocenters. The number of benzene rings is 2. The zero-order chi connectivity index (χ0) is 20.4. The second kappa shape index (κ2) is 11.3. The number of carbonyl (C=O) groups is 2. The SMILES string of the molecule is CCCCNC(=O)C(C)N(CCc1ccccc1)C(=O)Cc1ccc(C)cc1. The Kier molecular flexibility index (Phi) is 8.73. The van der Waals surface area contributed by atoms with Crippen molar-refractivity contribution in [1.82, 2.24) is 10.2 Å². The van der Waals surface area contributed by atoms with E-state index in [4.69, 9.17) is 0 Å². The molecule has 4 nitrogen and oxygen atoms in total. The molecule has 150 valence electrons. The highest BCUT2D eigenvalue weighted by Gasteiger charge is 2.25. The van der Waals surface area contributed by atoms with Gasteiger partial charge in [0.2, 0.25) is 11.8 Å². The van der Waals surface area contributed by atoms with E-state index in [-0.39, 0.29) is 11.8 Å². The van der Waals surface area contributed by atoms with Crippen LogP contribution >= 0.6 is 0 Å². The predicted octanol–water partition coefficient (Wildman–Crippen LogP) is 3.91. The number of nitrogens with one attached hydrogen (secondary N) is 1. The number of nitrogens with zero attached hydrogens (tertiary/aromatic N) is 1. The average Bonchev–Trinajstić information content (AvgIpc) is 2.70. The van der Waals surface area contributed by atoms with Gasteiger partial charge >= 0.3 is 0 Å². The molecule has 0 aliphatic heterocycles. The van der Waals surface area contributed by atoms with Crippen molar-refractivity contribution in [1.29, 1.82) is 0 Å². The quantitative estimate of drug-likeness (QED) is 0.635. The highest BCUT2D eigenvalue weighted by atomic mass is 16.2. The van der Waals surface area contributed by atoms with Crippen LogP contribution in [0.5, 0.6) is 0 Å². The summed E-state index contributed by atoms with van der Waals surface area (Å²) in [6.45, 7) is 7.11. The van der Waals surface area contributed by atoms with Gasteiger partial charge in [-0.15, -0.1) is 0 Å². The van der Waals surface area contributed by atoms with Crippen molar-refractivity contribution in [2.75, 3.05) is 13.1 Å². The molecule has 0 aliphatic carbocycles. The highest BCUT2D eigenvalue weighted by molar-refractivity contribution is 5.88. The Balaban J connectivity index is 2.08. The van der Waals surface area contributed by atoms with Crippen molar-refractivity contribution >= 4 is 11.8 Å². The summed E-state index contributed by atoms with van der Waals surface area (Å²) in [7, 11) is 0. The van der Waals surface area contributed by atoms with Crippen molar-refractivity contribution < 1.29 is 9.59 Å². The zero-order valence-electron chi connectivity index (χ0n) is 17.3. The molecule has 0 aromatic heterocycles. The predicted molar refractivity (Wildman–Crippen MR) is 114 cm³/mol. The van der Waals surface area contributed by atoms with E-state index in [0.29, 0.717) is 19.5 Å². The Labute approximate surface area is 169 Å². The standard InChI is InChI=1S/C24H32N2O2/c1-4-5-16-25-24(28)20(3)26(17-15-21-9-7-6-8-10-21)23(27)18-22-13-11-19(2)12-14-22/h6-14,20H,4-5,15-18H2,1-3H3,(H,25,28). The molecular formula is C24H32N2O2. The van der Waals surface area contributed by atoms with E-state index >= 15 is 0 Å². The summed E-state index contributed by atoms with van der Waals surface area (Å²) in [6.07, 6.45) is 3.01. The molecule has 0 aliphatic rings. The lowest BCUT2D eigenvalue weighted by atomic mass is 10.1. The summed E-state index contributed by atoms with van der Waals surface area (Å²) in [5.41, 5.74) is 3.30. The minimum absolute atomic E-state index is 0.0158. The van der Waals surface area contributed by atoms with Crippen molar-refractivity contribution in [2.45, 2.75) is 52.5 Å². The molecule has 0 spiro atoms. The first-order chi connectivity index (χ1) is 13.5. The Bertz CT molecular complexity index is 741. The average molecular weight is 381 g/mol. The largest absolute Gasteiger partial charge is 0.354 e. The minimum Gasteiger partial charge on any atom is -0.354 e. The van der Waals surface area contributed by atoms with Gasteiger partial charge in [0, 0.05) is 13.1 Å². The van der Waals surface area contributed by atoms with Crippen LogP contribution in [0.2, 0.25) is 0 Å². The lowest BCUT2D eigenvalue weighted by Gasteiger charge is -2.29. The van der Waals surface area contributed by atoms with Crippen LogP contribution < -0.4 is 5.32 Å². The molecule has 2 rings (SSSR count). The third-order valence-corrected chi connectivity index (χ3v) is 4.96. The lowest BCUT2D eigenvalue weighted by molar-refractivity contribution is -0.139. The Morgan fingerprint density at radius 3 is 2.32 bits per heavy atom. The fourth-order valence-electron chi connectivity index (χ4n) is 3.09. The van der Waals surface area contributed by atoms with E-state index in [1.807, 2.05) is 56.3 Å². The van der Waals surface area contributed by atoms with Crippen molar-refractivity contribution in [3.63, 3.8) is 0 Å². The molecule has 1 N–H and O–H groups in total. The van der Waals surface area contributed by atoms with E-state index in [2.05, 4.69) is 24.4 Å². The summed E-state index contributed by atoms with van der Waals surface area (Å²) < 4.78 is 0. The normalized spacial score (nSPS) is 11.7. The fraction of sp³-hybridized carbons (Fsp3) is 0.417. The maximum atomic E-state index is 13.0. The highest BCUT2D eigenvalue weighted by Crippen LogP contribution is 2.11. The molecule has 0 bridgehead atoms. The van der Waals surface area contributed by atoms with Crippen LogP contribution in [0.1, 0.15) is 43.4 Å². The van der Waals surface area contributed by atoms with Gasteiger partial charge in [0.15, 0.2) is 0 Å². The van der Waals surface area contributed by atoms with Crippen molar-refractivity contribution in [3.05, 3.63) is 71.3 Å². The van der Waals surface area contributed by atoms with Gasteiger partial charge in [-0.3, -0.25) is 9.59 Å². The van der Waals surface area contributed by atoms with E-state index < -0.39 is 6.04 Å². The molecule has 0 fully saturated rings. The summed E-state index contributed by atoms with van der Waals surface area (Å²) >= 11 is 0. The summed E-state index contributed by atoms with van der Waals surface area (Å²) in [6, 6.07) is 17.6. The maximum Gasteiger partial charge on any atom is 0.242 e. The molecule has 28 heavy (non-hydrogen) atoms. The smallest absolute Gasteiger partial charge is 0.242 e. The van der Waals surface area contributed by atoms with Gasteiger partial charge in [0.25, 0.3) is 0 Å². The van der Waals surface area contributed by atoms with Gasteiger partial charge in [-0.2, -0.15) is 0 Å². The second-order valence-electron chi connectivity index (χ2n) is 7.31. The van der Waals surface area contributed by atoms with Crippen LogP contribution in [-0.2, 0) is 22.4 Å². The van der Waals surface area contributed by atoms with E-state index in [9.17, 15) is 9.59 Å². The van der Waals surface area contributed by atoms with E-state index in [1.54, 1.807) is 4.90 Å². The minimum atomic E-state index is -0.487. The van der Waals surface area contributed by atoms with Crippen LogP contribution in [-0.4, -0.2) is 35.8 Å². The monoisotopic (exact) mass is 380 g/mol. The first-order valence-corrected chi connectivity index (χ1v) is 10.2. The summed E-state index contributed by atoms with van der Waals surface area (Å²) in [5.74, 6) is -0.100. The topological polar surface area (TPSA) is 49.4 Å². The first-order valence-electron chi connectivity index (χ1n) is 10.2. The van der Waals surface area contributed by atoms with Gasteiger partial charge < -0.3 is 10.2 Å². The fourth-order valence-corrected chi connectivity index (χ4v) is 3.09. The van der Waals surface area contributed by atoms with Crippen LogP contribution in [0.4, 0.5) is 0 Å². The Hall–Kier alpha value is -2.62. The molecule has 2 aromatic carbocycles. The molecule has 0 heterocycles. The van der Waals surface area contributed by atoms with Gasteiger partial charge in [-0.05, 0) is 37.8 Å². The number of carbonyl (C=O) groups excluding carboxylic acids is 2. The molecular weight excluding hydrogens is 348 g/mol. The molecule has 0 saturated heterocycles. The number of hydrogen-bond acceptors (Lipinski definition) is 2. The van der Waals surface area contributed by atoms with Crippen molar-refractivity contribution in [3.8, 4) is 0 Å². The number of hydrogen-bond donors (Lipinski definition) is 1. The maximum absolute atomic E-state index is 13.0. The number of unbranched alkanes of at least 4 members (excludes halogenated alkanes) is 1. The molecule has 1 atom stereocenters. The number of amides is 2. The number of aryl methyl sites for hydroxylation is 1. The first kappa shape index (κ1) is 21.7. The van der Waals surface area contributed by atoms with Crippen LogP contribution in [0.25, 0.3) is 0 Å².